The summed E-state index contributed by atoms with van der Waals surface area (Å²) < 4.78 is 46.1. The smallest absolute Gasteiger partial charge is 0.264 e. The predicted octanol–water partition coefficient (Wildman–Crippen LogP) is 4.39. The number of ether oxygens (including phenoxy) is 1. The van der Waals surface area contributed by atoms with Gasteiger partial charge in [-0.3, -0.25) is 9.10 Å². The SMILES string of the molecule is COc1ccc(S(=O)(=O)N(CC(=O)NCCSCc2cccc(C)c2)c2ccc(F)cc2)cc1. The van der Waals surface area contributed by atoms with Crippen LogP contribution in [0.5, 0.6) is 5.75 Å². The fraction of sp³-hybridized carbons (Fsp3) is 0.240. The van der Waals surface area contributed by atoms with Crippen molar-refractivity contribution in [3.8, 4) is 5.75 Å². The van der Waals surface area contributed by atoms with Crippen molar-refractivity contribution in [3.63, 3.8) is 0 Å². The third-order valence-electron chi connectivity index (χ3n) is 4.97. The highest BCUT2D eigenvalue weighted by molar-refractivity contribution is 7.98. The molecule has 0 atom stereocenters. The van der Waals surface area contributed by atoms with Crippen molar-refractivity contribution in [1.82, 2.24) is 5.32 Å². The summed E-state index contributed by atoms with van der Waals surface area (Å²) in [6, 6.07) is 19.1. The lowest BCUT2D eigenvalue weighted by Crippen LogP contribution is -2.41. The number of aryl methyl sites for hydroxylation is 1. The van der Waals surface area contributed by atoms with E-state index in [0.29, 0.717) is 18.0 Å². The summed E-state index contributed by atoms with van der Waals surface area (Å²) in [5.41, 5.74) is 2.61. The lowest BCUT2D eigenvalue weighted by Gasteiger charge is -2.24. The van der Waals surface area contributed by atoms with Crippen molar-refractivity contribution >= 4 is 33.4 Å². The van der Waals surface area contributed by atoms with Crippen LogP contribution in [0.4, 0.5) is 10.1 Å². The number of hydrogen-bond donors (Lipinski definition) is 1. The molecule has 0 heterocycles. The van der Waals surface area contributed by atoms with Gasteiger partial charge in [-0.05, 0) is 61.0 Å². The molecule has 180 valence electrons. The largest absolute Gasteiger partial charge is 0.497 e. The van der Waals surface area contributed by atoms with Crippen LogP contribution in [0.25, 0.3) is 0 Å². The van der Waals surface area contributed by atoms with Crippen LogP contribution in [0, 0.1) is 12.7 Å². The summed E-state index contributed by atoms with van der Waals surface area (Å²) in [6.45, 7) is 2.01. The van der Waals surface area contributed by atoms with Crippen LogP contribution in [0.3, 0.4) is 0 Å². The predicted molar refractivity (Wildman–Crippen MR) is 134 cm³/mol. The van der Waals surface area contributed by atoms with Crippen molar-refractivity contribution < 1.29 is 22.3 Å². The van der Waals surface area contributed by atoms with E-state index in [4.69, 9.17) is 4.74 Å². The van der Waals surface area contributed by atoms with Crippen LogP contribution in [-0.2, 0) is 20.6 Å². The van der Waals surface area contributed by atoms with Crippen LogP contribution < -0.4 is 14.4 Å². The molecule has 0 radical (unpaired) electrons. The molecule has 0 saturated heterocycles. The Labute approximate surface area is 204 Å². The second-order valence-electron chi connectivity index (χ2n) is 7.56. The number of nitrogens with zero attached hydrogens (tertiary/aromatic N) is 1. The Morgan fingerprint density at radius 2 is 1.76 bits per heavy atom. The lowest BCUT2D eigenvalue weighted by atomic mass is 10.2. The minimum Gasteiger partial charge on any atom is -0.497 e. The minimum absolute atomic E-state index is 0.000801. The van der Waals surface area contributed by atoms with E-state index in [2.05, 4.69) is 17.4 Å². The van der Waals surface area contributed by atoms with Gasteiger partial charge in [0.2, 0.25) is 5.91 Å². The van der Waals surface area contributed by atoms with Crippen LogP contribution in [0.1, 0.15) is 11.1 Å². The van der Waals surface area contributed by atoms with Gasteiger partial charge in [0.1, 0.15) is 18.1 Å². The number of halogens is 1. The molecule has 0 fully saturated rings. The van der Waals surface area contributed by atoms with Gasteiger partial charge in [0.25, 0.3) is 10.0 Å². The van der Waals surface area contributed by atoms with Crippen LogP contribution >= 0.6 is 11.8 Å². The molecule has 0 spiro atoms. The van der Waals surface area contributed by atoms with Crippen LogP contribution in [-0.4, -0.2) is 40.3 Å². The molecule has 0 saturated carbocycles. The summed E-state index contributed by atoms with van der Waals surface area (Å²) in [4.78, 5) is 12.6. The zero-order chi connectivity index (χ0) is 24.6. The van der Waals surface area contributed by atoms with Gasteiger partial charge < -0.3 is 10.1 Å². The van der Waals surface area contributed by atoms with E-state index in [1.54, 1.807) is 11.8 Å². The normalized spacial score (nSPS) is 11.1. The fourth-order valence-corrected chi connectivity index (χ4v) is 5.47. The number of rotatable bonds is 11. The second-order valence-corrected chi connectivity index (χ2v) is 10.5. The molecule has 0 bridgehead atoms. The summed E-state index contributed by atoms with van der Waals surface area (Å²) in [5.74, 6) is 1.07. The molecular weight excluding hydrogens is 475 g/mol. The molecule has 1 amide bonds. The molecule has 3 aromatic carbocycles. The maximum Gasteiger partial charge on any atom is 0.264 e. The molecule has 1 N–H and O–H groups in total. The number of carbonyl (C=O) groups is 1. The number of carbonyl (C=O) groups excluding carboxylic acids is 1. The molecule has 6 nitrogen and oxygen atoms in total. The Bertz CT molecular complexity index is 1200. The molecule has 0 aliphatic rings. The van der Waals surface area contributed by atoms with Gasteiger partial charge in [0.15, 0.2) is 0 Å². The third kappa shape index (κ3) is 6.98. The van der Waals surface area contributed by atoms with Crippen LogP contribution in [0.15, 0.2) is 77.7 Å². The fourth-order valence-electron chi connectivity index (χ4n) is 3.24. The number of anilines is 1. The van der Waals surface area contributed by atoms with Gasteiger partial charge in [-0.1, -0.05) is 29.8 Å². The second kappa shape index (κ2) is 11.9. The monoisotopic (exact) mass is 502 g/mol. The third-order valence-corrected chi connectivity index (χ3v) is 7.79. The molecule has 0 unspecified atom stereocenters. The number of benzene rings is 3. The first kappa shape index (κ1) is 25.6. The van der Waals surface area contributed by atoms with E-state index in [0.717, 1.165) is 22.2 Å². The first-order valence-electron chi connectivity index (χ1n) is 10.6. The molecule has 34 heavy (non-hydrogen) atoms. The average molecular weight is 503 g/mol. The minimum atomic E-state index is -4.07. The number of hydrogen-bond acceptors (Lipinski definition) is 5. The van der Waals surface area contributed by atoms with Gasteiger partial charge in [-0.25, -0.2) is 12.8 Å². The molecule has 3 rings (SSSR count). The van der Waals surface area contributed by atoms with Crippen molar-refractivity contribution in [2.24, 2.45) is 0 Å². The summed E-state index contributed by atoms with van der Waals surface area (Å²) in [5, 5.41) is 2.77. The highest BCUT2D eigenvalue weighted by Crippen LogP contribution is 2.25. The van der Waals surface area contributed by atoms with Crippen molar-refractivity contribution in [2.45, 2.75) is 17.6 Å². The van der Waals surface area contributed by atoms with Crippen molar-refractivity contribution in [1.29, 1.82) is 0 Å². The Kier molecular flexibility index (Phi) is 8.95. The average Bonchev–Trinajstić information content (AvgIpc) is 2.83. The van der Waals surface area contributed by atoms with Gasteiger partial charge in [0.05, 0.1) is 17.7 Å². The quantitative estimate of drug-likeness (QED) is 0.394. The number of amides is 1. The number of methoxy groups -OCH3 is 1. The summed E-state index contributed by atoms with van der Waals surface area (Å²) in [7, 11) is -2.59. The number of thioether (sulfide) groups is 1. The van der Waals surface area contributed by atoms with E-state index >= 15 is 0 Å². The number of sulfonamides is 1. The first-order valence-corrected chi connectivity index (χ1v) is 13.2. The van der Waals surface area contributed by atoms with Crippen molar-refractivity contribution in [2.75, 3.05) is 30.3 Å². The Morgan fingerprint density at radius 3 is 2.41 bits per heavy atom. The van der Waals surface area contributed by atoms with Gasteiger partial charge in [-0.2, -0.15) is 11.8 Å². The van der Waals surface area contributed by atoms with E-state index in [-0.39, 0.29) is 10.6 Å². The zero-order valence-corrected chi connectivity index (χ0v) is 20.7. The highest BCUT2D eigenvalue weighted by Gasteiger charge is 2.27. The van der Waals surface area contributed by atoms with E-state index in [1.165, 1.54) is 54.6 Å². The first-order chi connectivity index (χ1) is 16.3. The summed E-state index contributed by atoms with van der Waals surface area (Å²) >= 11 is 1.68. The Hall–Kier alpha value is -3.04. The van der Waals surface area contributed by atoms with E-state index in [1.807, 2.05) is 19.1 Å². The highest BCUT2D eigenvalue weighted by atomic mass is 32.2. The van der Waals surface area contributed by atoms with Gasteiger partial charge in [0, 0.05) is 18.1 Å². The van der Waals surface area contributed by atoms with Crippen LogP contribution in [0.2, 0.25) is 0 Å². The molecule has 9 heteroatoms. The standard InChI is InChI=1S/C25H27FN2O4S2/c1-19-4-3-5-20(16-19)18-33-15-14-27-25(29)17-28(22-8-6-21(26)7-9-22)34(30,31)24-12-10-23(32-2)11-13-24/h3-13,16H,14-15,17-18H2,1-2H3,(H,27,29). The molecular formula is C25H27FN2O4S2. The molecule has 0 aliphatic carbocycles. The van der Waals surface area contributed by atoms with E-state index < -0.39 is 28.3 Å². The Morgan fingerprint density at radius 1 is 1.06 bits per heavy atom. The Balaban J connectivity index is 1.65. The zero-order valence-electron chi connectivity index (χ0n) is 19.0. The van der Waals surface area contributed by atoms with Crippen molar-refractivity contribution in [3.05, 3.63) is 89.7 Å². The molecule has 0 aromatic heterocycles. The lowest BCUT2D eigenvalue weighted by molar-refractivity contribution is -0.119. The van der Waals surface area contributed by atoms with Gasteiger partial charge >= 0.3 is 0 Å². The van der Waals surface area contributed by atoms with E-state index in [9.17, 15) is 17.6 Å². The summed E-state index contributed by atoms with van der Waals surface area (Å²) in [6.07, 6.45) is 0. The molecule has 3 aromatic rings. The van der Waals surface area contributed by atoms with Gasteiger partial charge in [-0.15, -0.1) is 0 Å². The topological polar surface area (TPSA) is 75.7 Å². The number of nitrogens with one attached hydrogen (secondary N) is 1. The molecule has 0 aliphatic heterocycles. The maximum absolute atomic E-state index is 13.4. The maximum atomic E-state index is 13.4.